The minimum Gasteiger partial charge on any atom is -0.493 e. The number of fused-ring (bicyclic) bond motifs is 1. The van der Waals surface area contributed by atoms with Gasteiger partial charge in [0.05, 0.1) is 24.2 Å². The Morgan fingerprint density at radius 2 is 1.76 bits per heavy atom. The summed E-state index contributed by atoms with van der Waals surface area (Å²) in [6.45, 7) is 3.65. The highest BCUT2D eigenvalue weighted by molar-refractivity contribution is 5.97. The quantitative estimate of drug-likeness (QED) is 0.260. The summed E-state index contributed by atoms with van der Waals surface area (Å²) in [5.41, 5.74) is 5.34. The van der Waals surface area contributed by atoms with E-state index in [1.54, 1.807) is 24.8 Å². The van der Waals surface area contributed by atoms with Crippen molar-refractivity contribution in [2.75, 3.05) is 13.2 Å². The van der Waals surface area contributed by atoms with E-state index in [1.165, 1.54) is 5.56 Å². The number of nitrogens with zero attached hydrogens (tertiary/aromatic N) is 3. The van der Waals surface area contributed by atoms with E-state index in [0.29, 0.717) is 25.3 Å². The minimum atomic E-state index is -0.147. The average Bonchev–Trinajstić information content (AvgIpc) is 3.36. The number of carbonyl (C=O) groups is 1. The molecule has 37 heavy (non-hydrogen) atoms. The van der Waals surface area contributed by atoms with E-state index in [2.05, 4.69) is 28.3 Å². The molecule has 1 amide bonds. The van der Waals surface area contributed by atoms with E-state index >= 15 is 0 Å². The molecule has 5 aromatic rings. The van der Waals surface area contributed by atoms with Gasteiger partial charge in [0.15, 0.2) is 0 Å². The third kappa shape index (κ3) is 6.13. The zero-order chi connectivity index (χ0) is 25.5. The van der Waals surface area contributed by atoms with Crippen LogP contribution in [0.25, 0.3) is 16.7 Å². The molecule has 0 spiro atoms. The molecule has 2 heterocycles. The molecular weight excluding hydrogens is 464 g/mol. The topological polar surface area (TPSA) is 78.3 Å². The molecular formula is C30H28N4O3. The fourth-order valence-corrected chi connectivity index (χ4v) is 3.99. The number of aryl methyl sites for hydroxylation is 1. The number of ether oxygens (including phenoxy) is 2. The van der Waals surface area contributed by atoms with Crippen LogP contribution in [0.5, 0.6) is 11.5 Å². The lowest BCUT2D eigenvalue weighted by atomic mass is 10.1. The second kappa shape index (κ2) is 11.4. The first-order chi connectivity index (χ1) is 18.2. The van der Waals surface area contributed by atoms with Gasteiger partial charge < -0.3 is 14.8 Å². The van der Waals surface area contributed by atoms with Crippen LogP contribution in [0.2, 0.25) is 0 Å². The lowest BCUT2D eigenvalue weighted by Crippen LogP contribution is -2.22. The van der Waals surface area contributed by atoms with Gasteiger partial charge in [-0.15, -0.1) is 0 Å². The van der Waals surface area contributed by atoms with E-state index in [-0.39, 0.29) is 5.91 Å². The molecule has 1 N–H and O–H groups in total. The van der Waals surface area contributed by atoms with Gasteiger partial charge in [-0.3, -0.25) is 14.3 Å². The molecule has 2 aromatic heterocycles. The summed E-state index contributed by atoms with van der Waals surface area (Å²) in [7, 11) is 0. The molecule has 0 saturated heterocycles. The molecule has 7 heteroatoms. The Morgan fingerprint density at radius 1 is 0.919 bits per heavy atom. The highest BCUT2D eigenvalue weighted by atomic mass is 16.5. The van der Waals surface area contributed by atoms with Crippen LogP contribution in [0.15, 0.2) is 97.6 Å². The molecule has 186 valence electrons. The van der Waals surface area contributed by atoms with E-state index in [1.807, 2.05) is 71.3 Å². The Morgan fingerprint density at radius 3 is 2.54 bits per heavy atom. The summed E-state index contributed by atoms with van der Waals surface area (Å²) < 4.78 is 13.6. The molecule has 7 nitrogen and oxygen atoms in total. The SMILES string of the molecule is Cc1cccc(OCCCOc2ccc(-n3cnc4cc(C(=O)NCc5cccnc5)ccc43)cc2)c1. The maximum absolute atomic E-state index is 12.6. The summed E-state index contributed by atoms with van der Waals surface area (Å²) >= 11 is 0. The zero-order valence-electron chi connectivity index (χ0n) is 20.6. The maximum atomic E-state index is 12.6. The predicted molar refractivity (Wildman–Crippen MR) is 143 cm³/mol. The number of nitrogens with one attached hydrogen (secondary N) is 1. The van der Waals surface area contributed by atoms with Crippen LogP contribution in [0.1, 0.15) is 27.9 Å². The van der Waals surface area contributed by atoms with Gasteiger partial charge in [-0.1, -0.05) is 18.2 Å². The minimum absolute atomic E-state index is 0.147. The largest absolute Gasteiger partial charge is 0.493 e. The summed E-state index contributed by atoms with van der Waals surface area (Å²) in [5, 5.41) is 2.92. The monoisotopic (exact) mass is 492 g/mol. The summed E-state index contributed by atoms with van der Waals surface area (Å²) in [6.07, 6.45) is 6.00. The van der Waals surface area contributed by atoms with Crippen LogP contribution < -0.4 is 14.8 Å². The fraction of sp³-hybridized carbons (Fsp3) is 0.167. The Bertz CT molecular complexity index is 1480. The number of amides is 1. The number of aromatic nitrogens is 3. The highest BCUT2D eigenvalue weighted by Gasteiger charge is 2.10. The summed E-state index contributed by atoms with van der Waals surface area (Å²) in [6, 6.07) is 25.2. The lowest BCUT2D eigenvalue weighted by molar-refractivity contribution is 0.0951. The van der Waals surface area contributed by atoms with Gasteiger partial charge in [-0.2, -0.15) is 0 Å². The number of carbonyl (C=O) groups excluding carboxylic acids is 1. The van der Waals surface area contributed by atoms with Gasteiger partial charge in [0.1, 0.15) is 17.8 Å². The number of imidazole rings is 1. The van der Waals surface area contributed by atoms with Gasteiger partial charge in [0, 0.05) is 36.6 Å². The van der Waals surface area contributed by atoms with E-state index in [0.717, 1.165) is 40.2 Å². The molecule has 0 unspecified atom stereocenters. The first-order valence-corrected chi connectivity index (χ1v) is 12.2. The molecule has 0 aliphatic rings. The molecule has 0 bridgehead atoms. The second-order valence-electron chi connectivity index (χ2n) is 8.72. The van der Waals surface area contributed by atoms with Crippen LogP contribution in [0, 0.1) is 6.92 Å². The molecule has 5 rings (SSSR count). The lowest BCUT2D eigenvalue weighted by Gasteiger charge is -2.10. The molecule has 0 saturated carbocycles. The first kappa shape index (κ1) is 24.1. The number of hydrogen-bond donors (Lipinski definition) is 1. The number of hydrogen-bond acceptors (Lipinski definition) is 5. The van der Waals surface area contributed by atoms with Crippen molar-refractivity contribution in [3.8, 4) is 17.2 Å². The van der Waals surface area contributed by atoms with Crippen LogP contribution >= 0.6 is 0 Å². The first-order valence-electron chi connectivity index (χ1n) is 12.2. The Labute approximate surface area is 215 Å². The molecule has 0 radical (unpaired) electrons. The van der Waals surface area contributed by atoms with Crippen molar-refractivity contribution in [2.24, 2.45) is 0 Å². The highest BCUT2D eigenvalue weighted by Crippen LogP contribution is 2.22. The second-order valence-corrected chi connectivity index (χ2v) is 8.72. The van der Waals surface area contributed by atoms with E-state index < -0.39 is 0 Å². The van der Waals surface area contributed by atoms with Gasteiger partial charge >= 0.3 is 0 Å². The van der Waals surface area contributed by atoms with Crippen LogP contribution in [-0.2, 0) is 6.54 Å². The average molecular weight is 493 g/mol. The van der Waals surface area contributed by atoms with Gasteiger partial charge in [-0.25, -0.2) is 4.98 Å². The smallest absolute Gasteiger partial charge is 0.251 e. The number of rotatable bonds is 10. The Kier molecular flexibility index (Phi) is 7.41. The van der Waals surface area contributed by atoms with Crippen LogP contribution in [0.3, 0.4) is 0 Å². The van der Waals surface area contributed by atoms with Crippen molar-refractivity contribution in [3.63, 3.8) is 0 Å². The normalized spacial score (nSPS) is 10.8. The van der Waals surface area contributed by atoms with Crippen molar-refractivity contribution < 1.29 is 14.3 Å². The standard InChI is InChI=1S/C30H28N4O3/c1-22-5-2-7-27(17-22)37-16-4-15-36-26-11-9-25(10-12-26)34-21-33-28-18-24(8-13-29(28)34)30(35)32-20-23-6-3-14-31-19-23/h2-3,5-14,17-19,21H,4,15-16,20H2,1H3,(H,32,35). The fourth-order valence-electron chi connectivity index (χ4n) is 3.99. The van der Waals surface area contributed by atoms with Crippen LogP contribution in [-0.4, -0.2) is 33.7 Å². The van der Waals surface area contributed by atoms with E-state index in [9.17, 15) is 4.79 Å². The van der Waals surface area contributed by atoms with Crippen molar-refractivity contribution in [2.45, 2.75) is 19.9 Å². The molecule has 0 aliphatic heterocycles. The third-order valence-corrected chi connectivity index (χ3v) is 5.92. The molecule has 0 atom stereocenters. The molecule has 3 aromatic carbocycles. The summed E-state index contributed by atoms with van der Waals surface area (Å²) in [5.74, 6) is 1.54. The molecule has 0 fully saturated rings. The van der Waals surface area contributed by atoms with Crippen molar-refractivity contribution in [1.82, 2.24) is 19.9 Å². The van der Waals surface area contributed by atoms with Gasteiger partial charge in [0.25, 0.3) is 5.91 Å². The van der Waals surface area contributed by atoms with E-state index in [4.69, 9.17) is 9.47 Å². The van der Waals surface area contributed by atoms with Crippen LogP contribution in [0.4, 0.5) is 0 Å². The van der Waals surface area contributed by atoms with Gasteiger partial charge in [-0.05, 0) is 78.7 Å². The third-order valence-electron chi connectivity index (χ3n) is 5.92. The van der Waals surface area contributed by atoms with Gasteiger partial charge in [0.2, 0.25) is 0 Å². The number of benzene rings is 3. The zero-order valence-corrected chi connectivity index (χ0v) is 20.6. The van der Waals surface area contributed by atoms with Crippen molar-refractivity contribution in [1.29, 1.82) is 0 Å². The Balaban J connectivity index is 1.15. The molecule has 0 aliphatic carbocycles. The summed E-state index contributed by atoms with van der Waals surface area (Å²) in [4.78, 5) is 21.2. The number of pyridine rings is 1. The Hall–Kier alpha value is -4.65. The predicted octanol–water partition coefficient (Wildman–Crippen LogP) is 5.51. The maximum Gasteiger partial charge on any atom is 0.251 e. The van der Waals surface area contributed by atoms with Crippen molar-refractivity contribution >= 4 is 16.9 Å². The van der Waals surface area contributed by atoms with Crippen molar-refractivity contribution in [3.05, 3.63) is 114 Å².